The number of nitrogens with zero attached hydrogens (tertiary/aromatic N) is 1. The minimum Gasteiger partial charge on any atom is -0.325 e. The van der Waals surface area contributed by atoms with E-state index in [0.29, 0.717) is 6.54 Å². The number of carbonyl (C=O) groups excluding carboxylic acids is 1. The lowest BCUT2D eigenvalue weighted by Crippen LogP contribution is -2.36. The highest BCUT2D eigenvalue weighted by Crippen LogP contribution is 2.21. The van der Waals surface area contributed by atoms with Crippen molar-refractivity contribution in [3.8, 4) is 11.1 Å². The van der Waals surface area contributed by atoms with Crippen molar-refractivity contribution in [3.05, 3.63) is 54.6 Å². The molecule has 3 rings (SSSR count). The molecule has 0 bridgehead atoms. The fourth-order valence-electron chi connectivity index (χ4n) is 2.90. The highest BCUT2D eigenvalue weighted by molar-refractivity contribution is 5.92. The number of benzene rings is 2. The molecule has 3 heteroatoms. The summed E-state index contributed by atoms with van der Waals surface area (Å²) in [6.45, 7) is 2.58. The molecule has 3 nitrogen and oxygen atoms in total. The monoisotopic (exact) mass is 294 g/mol. The predicted molar refractivity (Wildman–Crippen MR) is 90.8 cm³/mol. The van der Waals surface area contributed by atoms with E-state index >= 15 is 0 Å². The van der Waals surface area contributed by atoms with Crippen LogP contribution in [0.15, 0.2) is 54.6 Å². The van der Waals surface area contributed by atoms with Gasteiger partial charge in [-0.2, -0.15) is 0 Å². The number of hydrogen-bond donors (Lipinski definition) is 1. The number of rotatable bonds is 4. The maximum absolute atomic E-state index is 12.1. The SMILES string of the molecule is O=C(CN1CCCCC1)Nc1ccc(-c2ccccc2)cc1. The molecule has 0 radical (unpaired) electrons. The van der Waals surface area contributed by atoms with Gasteiger partial charge in [0.25, 0.3) is 0 Å². The van der Waals surface area contributed by atoms with Gasteiger partial charge in [-0.25, -0.2) is 0 Å². The molecular formula is C19H22N2O. The largest absolute Gasteiger partial charge is 0.325 e. The maximum atomic E-state index is 12.1. The van der Waals surface area contributed by atoms with Crippen molar-refractivity contribution in [3.63, 3.8) is 0 Å². The van der Waals surface area contributed by atoms with Crippen LogP contribution in [0.3, 0.4) is 0 Å². The summed E-state index contributed by atoms with van der Waals surface area (Å²) in [5, 5.41) is 2.99. The standard InChI is InChI=1S/C19H22N2O/c22-19(15-21-13-5-2-6-14-21)20-18-11-9-17(10-12-18)16-7-3-1-4-8-16/h1,3-4,7-12H,2,5-6,13-15H2,(H,20,22). The second-order valence-corrected chi connectivity index (χ2v) is 5.83. The van der Waals surface area contributed by atoms with Gasteiger partial charge in [0, 0.05) is 5.69 Å². The van der Waals surface area contributed by atoms with Crippen LogP contribution in [0, 0.1) is 0 Å². The van der Waals surface area contributed by atoms with Crippen molar-refractivity contribution in [2.24, 2.45) is 0 Å². The average Bonchev–Trinajstić information content (AvgIpc) is 2.57. The predicted octanol–water partition coefficient (Wildman–Crippen LogP) is 3.78. The molecule has 22 heavy (non-hydrogen) atoms. The van der Waals surface area contributed by atoms with E-state index in [2.05, 4.69) is 22.3 Å². The molecule has 2 aromatic carbocycles. The number of carbonyl (C=O) groups is 1. The van der Waals surface area contributed by atoms with Crippen molar-refractivity contribution in [1.29, 1.82) is 0 Å². The van der Waals surface area contributed by atoms with Gasteiger partial charge in [0.2, 0.25) is 5.91 Å². The zero-order chi connectivity index (χ0) is 15.2. The smallest absolute Gasteiger partial charge is 0.238 e. The molecule has 1 amide bonds. The molecule has 1 fully saturated rings. The van der Waals surface area contributed by atoms with E-state index in [4.69, 9.17) is 0 Å². The van der Waals surface area contributed by atoms with E-state index in [1.807, 2.05) is 42.5 Å². The van der Waals surface area contributed by atoms with E-state index in [9.17, 15) is 4.79 Å². The minimum absolute atomic E-state index is 0.0781. The topological polar surface area (TPSA) is 32.3 Å². The lowest BCUT2D eigenvalue weighted by molar-refractivity contribution is -0.117. The van der Waals surface area contributed by atoms with E-state index in [1.54, 1.807) is 0 Å². The molecule has 1 aliphatic heterocycles. The number of anilines is 1. The van der Waals surface area contributed by atoms with Crippen LogP contribution in [-0.2, 0) is 4.79 Å². The number of nitrogens with one attached hydrogen (secondary N) is 1. The molecule has 1 aliphatic rings. The number of amides is 1. The number of piperidine rings is 1. The van der Waals surface area contributed by atoms with Crippen LogP contribution in [0.5, 0.6) is 0 Å². The maximum Gasteiger partial charge on any atom is 0.238 e. The van der Waals surface area contributed by atoms with E-state index in [-0.39, 0.29) is 5.91 Å². The van der Waals surface area contributed by atoms with Crippen LogP contribution in [0.4, 0.5) is 5.69 Å². The van der Waals surface area contributed by atoms with Crippen LogP contribution in [-0.4, -0.2) is 30.4 Å². The Kier molecular flexibility index (Phi) is 4.86. The summed E-state index contributed by atoms with van der Waals surface area (Å²) in [7, 11) is 0. The van der Waals surface area contributed by atoms with Gasteiger partial charge in [-0.05, 0) is 49.2 Å². The van der Waals surface area contributed by atoms with Gasteiger partial charge >= 0.3 is 0 Å². The molecule has 114 valence electrons. The molecular weight excluding hydrogens is 272 g/mol. The molecule has 2 aromatic rings. The summed E-state index contributed by atoms with van der Waals surface area (Å²) < 4.78 is 0. The Balaban J connectivity index is 1.57. The second-order valence-electron chi connectivity index (χ2n) is 5.83. The Morgan fingerprint density at radius 3 is 2.18 bits per heavy atom. The summed E-state index contributed by atoms with van der Waals surface area (Å²) in [6.07, 6.45) is 3.71. The summed E-state index contributed by atoms with van der Waals surface area (Å²) in [5.41, 5.74) is 3.21. The zero-order valence-corrected chi connectivity index (χ0v) is 12.8. The van der Waals surface area contributed by atoms with Gasteiger partial charge < -0.3 is 5.32 Å². The Bertz CT molecular complexity index is 601. The Morgan fingerprint density at radius 2 is 1.50 bits per heavy atom. The van der Waals surface area contributed by atoms with E-state index in [1.165, 1.54) is 24.8 Å². The first-order valence-corrected chi connectivity index (χ1v) is 7.99. The first-order valence-electron chi connectivity index (χ1n) is 7.99. The summed E-state index contributed by atoms with van der Waals surface area (Å²) in [6, 6.07) is 18.3. The average molecular weight is 294 g/mol. The van der Waals surface area contributed by atoms with Crippen molar-refractivity contribution in [2.75, 3.05) is 25.0 Å². The fourth-order valence-corrected chi connectivity index (χ4v) is 2.90. The third-order valence-electron chi connectivity index (χ3n) is 4.09. The first-order chi connectivity index (χ1) is 10.8. The molecule has 0 spiro atoms. The Labute approximate surface area is 132 Å². The molecule has 0 aliphatic carbocycles. The van der Waals surface area contributed by atoms with Crippen molar-refractivity contribution >= 4 is 11.6 Å². The van der Waals surface area contributed by atoms with Gasteiger partial charge in [0.05, 0.1) is 6.54 Å². The Morgan fingerprint density at radius 1 is 0.864 bits per heavy atom. The van der Waals surface area contributed by atoms with Gasteiger partial charge in [0.15, 0.2) is 0 Å². The van der Waals surface area contributed by atoms with Gasteiger partial charge in [-0.3, -0.25) is 9.69 Å². The van der Waals surface area contributed by atoms with Crippen LogP contribution in [0.1, 0.15) is 19.3 Å². The lowest BCUT2D eigenvalue weighted by atomic mass is 10.1. The molecule has 1 heterocycles. The zero-order valence-electron chi connectivity index (χ0n) is 12.8. The number of likely N-dealkylation sites (tertiary alicyclic amines) is 1. The molecule has 0 saturated carbocycles. The third kappa shape index (κ3) is 3.95. The van der Waals surface area contributed by atoms with Crippen molar-refractivity contribution < 1.29 is 4.79 Å². The van der Waals surface area contributed by atoms with Crippen LogP contribution in [0.25, 0.3) is 11.1 Å². The van der Waals surface area contributed by atoms with Crippen LogP contribution in [0.2, 0.25) is 0 Å². The molecule has 1 saturated heterocycles. The fraction of sp³-hybridized carbons (Fsp3) is 0.316. The minimum atomic E-state index is 0.0781. The molecule has 0 aromatic heterocycles. The van der Waals surface area contributed by atoms with Crippen molar-refractivity contribution in [1.82, 2.24) is 4.90 Å². The lowest BCUT2D eigenvalue weighted by Gasteiger charge is -2.25. The summed E-state index contributed by atoms with van der Waals surface area (Å²) in [4.78, 5) is 14.3. The van der Waals surface area contributed by atoms with Crippen LogP contribution >= 0.6 is 0 Å². The van der Waals surface area contributed by atoms with E-state index in [0.717, 1.165) is 24.3 Å². The summed E-state index contributed by atoms with van der Waals surface area (Å²) in [5.74, 6) is 0.0781. The third-order valence-corrected chi connectivity index (χ3v) is 4.09. The van der Waals surface area contributed by atoms with Gasteiger partial charge in [0.1, 0.15) is 0 Å². The van der Waals surface area contributed by atoms with Gasteiger partial charge in [-0.15, -0.1) is 0 Å². The quantitative estimate of drug-likeness (QED) is 0.930. The van der Waals surface area contributed by atoms with Crippen LogP contribution < -0.4 is 5.32 Å². The van der Waals surface area contributed by atoms with E-state index < -0.39 is 0 Å². The number of hydrogen-bond acceptors (Lipinski definition) is 2. The molecule has 0 unspecified atom stereocenters. The van der Waals surface area contributed by atoms with Crippen molar-refractivity contribution in [2.45, 2.75) is 19.3 Å². The van der Waals surface area contributed by atoms with Gasteiger partial charge in [-0.1, -0.05) is 48.9 Å². The normalized spacial score (nSPS) is 15.5. The summed E-state index contributed by atoms with van der Waals surface area (Å²) >= 11 is 0. The first kappa shape index (κ1) is 14.8. The second kappa shape index (κ2) is 7.23. The molecule has 0 atom stereocenters. The highest BCUT2D eigenvalue weighted by atomic mass is 16.2. The highest BCUT2D eigenvalue weighted by Gasteiger charge is 2.13. The Hall–Kier alpha value is -2.13. The molecule has 1 N–H and O–H groups in total.